The van der Waals surface area contributed by atoms with Gasteiger partial charge in [0.2, 0.25) is 0 Å². The molecular weight excluding hydrogens is 303 g/mol. The highest BCUT2D eigenvalue weighted by Crippen LogP contribution is 2.14. The molecule has 2 aromatic rings. The van der Waals surface area contributed by atoms with E-state index in [0.29, 0.717) is 0 Å². The van der Waals surface area contributed by atoms with Crippen molar-refractivity contribution in [2.75, 3.05) is 13.1 Å². The lowest BCUT2D eigenvalue weighted by atomic mass is 10.1. The molecule has 0 radical (unpaired) electrons. The van der Waals surface area contributed by atoms with Crippen LogP contribution >= 0.6 is 0 Å². The van der Waals surface area contributed by atoms with Crippen LogP contribution in [0.3, 0.4) is 0 Å². The van der Waals surface area contributed by atoms with Crippen molar-refractivity contribution in [3.63, 3.8) is 0 Å². The Morgan fingerprint density at radius 1 is 0.875 bits per heavy atom. The fourth-order valence-electron chi connectivity index (χ4n) is 3.05. The van der Waals surface area contributed by atoms with Crippen LogP contribution < -0.4 is 5.32 Å². The first kappa shape index (κ1) is 17.1. The molecule has 1 saturated heterocycles. The van der Waals surface area contributed by atoms with E-state index in [-0.39, 0.29) is 11.9 Å². The second-order valence-corrected chi connectivity index (χ2v) is 6.55. The number of benzene rings is 2. The van der Waals surface area contributed by atoms with Gasteiger partial charge in [0.15, 0.2) is 0 Å². The molecule has 1 aliphatic rings. The summed E-state index contributed by atoms with van der Waals surface area (Å²) in [5.74, 6) is -0.197. The summed E-state index contributed by atoms with van der Waals surface area (Å²) in [5, 5.41) is 12.9. The summed E-state index contributed by atoms with van der Waals surface area (Å²) in [5.41, 5.74) is 3.64. The predicted molar refractivity (Wildman–Crippen MR) is 93.9 cm³/mol. The molecule has 2 aromatic carbocycles. The molecule has 0 spiro atoms. The SMILES string of the molecule is OC1CCN(Cc2ccc(CNCc3ccc(F)cc3)cc2)CC1. The first-order valence-corrected chi connectivity index (χ1v) is 8.62. The zero-order valence-corrected chi connectivity index (χ0v) is 13.9. The van der Waals surface area contributed by atoms with Crippen molar-refractivity contribution in [1.29, 1.82) is 0 Å². The molecule has 1 fully saturated rings. The van der Waals surface area contributed by atoms with Crippen LogP contribution in [0.15, 0.2) is 48.5 Å². The number of piperidine rings is 1. The van der Waals surface area contributed by atoms with E-state index in [1.54, 1.807) is 12.1 Å². The number of hydrogen-bond donors (Lipinski definition) is 2. The van der Waals surface area contributed by atoms with Crippen LogP contribution in [-0.2, 0) is 19.6 Å². The molecule has 1 heterocycles. The van der Waals surface area contributed by atoms with Gasteiger partial charge in [0, 0.05) is 32.7 Å². The van der Waals surface area contributed by atoms with Gasteiger partial charge < -0.3 is 10.4 Å². The van der Waals surface area contributed by atoms with Crippen LogP contribution in [-0.4, -0.2) is 29.2 Å². The van der Waals surface area contributed by atoms with Crippen molar-refractivity contribution in [3.8, 4) is 0 Å². The second-order valence-electron chi connectivity index (χ2n) is 6.55. The molecular formula is C20H25FN2O. The first-order chi connectivity index (χ1) is 11.7. The molecule has 24 heavy (non-hydrogen) atoms. The Bertz CT molecular complexity index is 619. The number of nitrogens with one attached hydrogen (secondary N) is 1. The molecule has 0 saturated carbocycles. The number of aliphatic hydroxyl groups excluding tert-OH is 1. The summed E-state index contributed by atoms with van der Waals surface area (Å²) in [6.07, 6.45) is 1.65. The fraction of sp³-hybridized carbons (Fsp3) is 0.400. The number of hydrogen-bond acceptors (Lipinski definition) is 3. The zero-order valence-electron chi connectivity index (χ0n) is 13.9. The van der Waals surface area contributed by atoms with Gasteiger partial charge in [0.1, 0.15) is 5.82 Å². The molecule has 0 aliphatic carbocycles. The Kier molecular flexibility index (Phi) is 5.96. The monoisotopic (exact) mass is 328 g/mol. The van der Waals surface area contributed by atoms with E-state index in [2.05, 4.69) is 34.5 Å². The van der Waals surface area contributed by atoms with Crippen LogP contribution in [0.2, 0.25) is 0 Å². The van der Waals surface area contributed by atoms with E-state index in [0.717, 1.165) is 51.1 Å². The van der Waals surface area contributed by atoms with Gasteiger partial charge >= 0.3 is 0 Å². The quantitative estimate of drug-likeness (QED) is 0.855. The van der Waals surface area contributed by atoms with E-state index >= 15 is 0 Å². The van der Waals surface area contributed by atoms with Crippen molar-refractivity contribution in [1.82, 2.24) is 10.2 Å². The lowest BCUT2D eigenvalue weighted by molar-refractivity contribution is 0.0792. The molecule has 2 N–H and O–H groups in total. The van der Waals surface area contributed by atoms with Gasteiger partial charge in [-0.1, -0.05) is 36.4 Å². The smallest absolute Gasteiger partial charge is 0.123 e. The predicted octanol–water partition coefficient (Wildman–Crippen LogP) is 3.07. The van der Waals surface area contributed by atoms with Crippen LogP contribution in [0, 0.1) is 5.82 Å². The zero-order chi connectivity index (χ0) is 16.8. The van der Waals surface area contributed by atoms with Gasteiger partial charge in [0.25, 0.3) is 0 Å². The van der Waals surface area contributed by atoms with Crippen LogP contribution in [0.4, 0.5) is 4.39 Å². The summed E-state index contributed by atoms with van der Waals surface area (Å²) >= 11 is 0. The summed E-state index contributed by atoms with van der Waals surface area (Å²) in [4.78, 5) is 2.40. The van der Waals surface area contributed by atoms with Gasteiger partial charge in [-0.3, -0.25) is 4.90 Å². The van der Waals surface area contributed by atoms with Crippen LogP contribution in [0.1, 0.15) is 29.5 Å². The van der Waals surface area contributed by atoms with Crippen molar-refractivity contribution in [2.24, 2.45) is 0 Å². The fourth-order valence-corrected chi connectivity index (χ4v) is 3.05. The van der Waals surface area contributed by atoms with E-state index in [1.165, 1.54) is 23.3 Å². The van der Waals surface area contributed by atoms with E-state index in [9.17, 15) is 9.50 Å². The third-order valence-corrected chi connectivity index (χ3v) is 4.56. The number of aliphatic hydroxyl groups is 1. The highest BCUT2D eigenvalue weighted by atomic mass is 19.1. The maximum Gasteiger partial charge on any atom is 0.123 e. The van der Waals surface area contributed by atoms with Crippen molar-refractivity contribution in [2.45, 2.75) is 38.6 Å². The minimum Gasteiger partial charge on any atom is -0.393 e. The molecule has 0 aromatic heterocycles. The highest BCUT2D eigenvalue weighted by Gasteiger charge is 2.16. The lowest BCUT2D eigenvalue weighted by Crippen LogP contribution is -2.35. The Hall–Kier alpha value is -1.75. The number of rotatable bonds is 6. The average molecular weight is 328 g/mol. The molecule has 3 rings (SSSR count). The van der Waals surface area contributed by atoms with E-state index in [4.69, 9.17) is 0 Å². The molecule has 0 unspecified atom stereocenters. The Morgan fingerprint density at radius 2 is 1.38 bits per heavy atom. The van der Waals surface area contributed by atoms with Gasteiger partial charge in [-0.2, -0.15) is 0 Å². The lowest BCUT2D eigenvalue weighted by Gasteiger charge is -2.29. The van der Waals surface area contributed by atoms with Crippen LogP contribution in [0.25, 0.3) is 0 Å². The summed E-state index contributed by atoms with van der Waals surface area (Å²) in [7, 11) is 0. The van der Waals surface area contributed by atoms with Gasteiger partial charge in [0.05, 0.1) is 6.10 Å². The number of nitrogens with zero attached hydrogens (tertiary/aromatic N) is 1. The molecule has 0 bridgehead atoms. The van der Waals surface area contributed by atoms with E-state index in [1.807, 2.05) is 0 Å². The second kappa shape index (κ2) is 8.38. The summed E-state index contributed by atoms with van der Waals surface area (Å²) < 4.78 is 12.9. The van der Waals surface area contributed by atoms with E-state index < -0.39 is 0 Å². The molecule has 128 valence electrons. The van der Waals surface area contributed by atoms with Crippen molar-refractivity contribution < 1.29 is 9.50 Å². The minimum absolute atomic E-state index is 0.115. The minimum atomic E-state index is -0.197. The third kappa shape index (κ3) is 5.13. The average Bonchev–Trinajstić information content (AvgIpc) is 2.60. The first-order valence-electron chi connectivity index (χ1n) is 8.62. The normalized spacial score (nSPS) is 16.4. The van der Waals surface area contributed by atoms with Crippen molar-refractivity contribution >= 4 is 0 Å². The number of likely N-dealkylation sites (tertiary alicyclic amines) is 1. The Morgan fingerprint density at radius 3 is 1.96 bits per heavy atom. The highest BCUT2D eigenvalue weighted by molar-refractivity contribution is 5.23. The number of halogens is 1. The molecule has 0 atom stereocenters. The van der Waals surface area contributed by atoms with Gasteiger partial charge in [-0.05, 0) is 41.7 Å². The molecule has 4 heteroatoms. The van der Waals surface area contributed by atoms with Crippen molar-refractivity contribution in [3.05, 3.63) is 71.0 Å². The summed E-state index contributed by atoms with van der Waals surface area (Å²) in [6.45, 7) is 4.44. The summed E-state index contributed by atoms with van der Waals surface area (Å²) in [6, 6.07) is 15.3. The largest absolute Gasteiger partial charge is 0.393 e. The maximum absolute atomic E-state index is 12.9. The van der Waals surface area contributed by atoms with Crippen LogP contribution in [0.5, 0.6) is 0 Å². The van der Waals surface area contributed by atoms with Gasteiger partial charge in [-0.25, -0.2) is 4.39 Å². The molecule has 3 nitrogen and oxygen atoms in total. The van der Waals surface area contributed by atoms with Gasteiger partial charge in [-0.15, -0.1) is 0 Å². The Balaban J connectivity index is 1.43. The Labute approximate surface area is 143 Å². The maximum atomic E-state index is 12.9. The molecule has 1 aliphatic heterocycles. The third-order valence-electron chi connectivity index (χ3n) is 4.56. The standard InChI is InChI=1S/C20H25FN2O/c21-19-7-5-17(6-8-19)14-22-13-16-1-3-18(4-2-16)15-23-11-9-20(24)10-12-23/h1-8,20,22,24H,9-15H2. The topological polar surface area (TPSA) is 35.5 Å². The molecule has 0 amide bonds.